The molecule has 2 rings (SSSR count). The van der Waals surface area contributed by atoms with Gasteiger partial charge >= 0.3 is 5.97 Å². The van der Waals surface area contributed by atoms with E-state index >= 15 is 0 Å². The molecule has 1 aliphatic rings. The molecule has 2 atom stereocenters. The number of fused-ring (bicyclic) bond motifs is 1. The number of hydrogen-bond acceptors (Lipinski definition) is 2. The second-order valence-electron chi connectivity index (χ2n) is 4.56. The molecule has 1 N–H and O–H groups in total. The Labute approximate surface area is 89.1 Å². The summed E-state index contributed by atoms with van der Waals surface area (Å²) in [6.45, 7) is 4.13. The highest BCUT2D eigenvalue weighted by molar-refractivity contribution is 5.67. The summed E-state index contributed by atoms with van der Waals surface area (Å²) in [7, 11) is 0. The first-order valence-electron chi connectivity index (χ1n) is 5.35. The maximum atomic E-state index is 10.7. The number of rotatable bonds is 2. The second-order valence-corrected chi connectivity index (χ2v) is 4.56. The second kappa shape index (κ2) is 3.72. The molecule has 0 amide bonds. The van der Waals surface area contributed by atoms with Gasteiger partial charge in [-0.05, 0) is 36.3 Å². The molecule has 0 fully saturated rings. The van der Waals surface area contributed by atoms with Crippen LogP contribution in [0.25, 0.3) is 0 Å². The molecule has 1 aromatic heterocycles. The summed E-state index contributed by atoms with van der Waals surface area (Å²) in [5.41, 5.74) is 2.40. The lowest BCUT2D eigenvalue weighted by Crippen LogP contribution is -2.25. The number of carboxylic acids is 1. The van der Waals surface area contributed by atoms with E-state index in [1.165, 1.54) is 5.56 Å². The summed E-state index contributed by atoms with van der Waals surface area (Å²) in [5, 5.41) is 8.83. The van der Waals surface area contributed by atoms with Gasteiger partial charge in [-0.1, -0.05) is 6.92 Å². The first-order valence-corrected chi connectivity index (χ1v) is 5.35. The van der Waals surface area contributed by atoms with Crippen LogP contribution in [-0.2, 0) is 17.6 Å². The molecule has 0 spiro atoms. The topological polar surface area (TPSA) is 50.4 Å². The Hall–Kier alpha value is -1.25. The van der Waals surface area contributed by atoms with Gasteiger partial charge in [0.25, 0.3) is 0 Å². The molecule has 0 bridgehead atoms. The normalized spacial score (nSPS) is 24.9. The molecule has 3 heteroatoms. The van der Waals surface area contributed by atoms with Gasteiger partial charge in [0.05, 0.1) is 6.26 Å². The predicted octanol–water partition coefficient (Wildman–Crippen LogP) is 2.41. The summed E-state index contributed by atoms with van der Waals surface area (Å²) < 4.78 is 5.46. The molecule has 1 aromatic rings. The molecule has 0 saturated heterocycles. The molecule has 0 aromatic carbocycles. The third-order valence-electron chi connectivity index (χ3n) is 3.41. The summed E-state index contributed by atoms with van der Waals surface area (Å²) in [4.78, 5) is 10.7. The Bertz CT molecular complexity index is 378. The van der Waals surface area contributed by atoms with E-state index in [1.54, 1.807) is 6.26 Å². The smallest absolute Gasteiger partial charge is 0.303 e. The van der Waals surface area contributed by atoms with Gasteiger partial charge in [0.1, 0.15) is 5.76 Å². The van der Waals surface area contributed by atoms with E-state index in [4.69, 9.17) is 9.52 Å². The van der Waals surface area contributed by atoms with Crippen molar-refractivity contribution in [2.24, 2.45) is 11.8 Å². The molecule has 15 heavy (non-hydrogen) atoms. The quantitative estimate of drug-likeness (QED) is 0.812. The van der Waals surface area contributed by atoms with Gasteiger partial charge in [0.2, 0.25) is 0 Å². The van der Waals surface area contributed by atoms with E-state index in [0.29, 0.717) is 5.92 Å². The number of aliphatic carboxylic acids is 1. The van der Waals surface area contributed by atoms with Crippen molar-refractivity contribution in [3.8, 4) is 0 Å². The van der Waals surface area contributed by atoms with Crippen LogP contribution in [-0.4, -0.2) is 11.1 Å². The molecule has 2 unspecified atom stereocenters. The fourth-order valence-electron chi connectivity index (χ4n) is 2.39. The lowest BCUT2D eigenvalue weighted by molar-refractivity contribution is -0.138. The van der Waals surface area contributed by atoms with Crippen LogP contribution in [0, 0.1) is 18.8 Å². The van der Waals surface area contributed by atoms with Crippen LogP contribution < -0.4 is 0 Å². The zero-order valence-corrected chi connectivity index (χ0v) is 9.12. The van der Waals surface area contributed by atoms with E-state index in [1.807, 2.05) is 6.92 Å². The highest BCUT2D eigenvalue weighted by Gasteiger charge is 2.29. The van der Waals surface area contributed by atoms with Crippen molar-refractivity contribution in [2.75, 3.05) is 0 Å². The van der Waals surface area contributed by atoms with E-state index < -0.39 is 5.97 Å². The predicted molar refractivity (Wildman–Crippen MR) is 55.8 cm³/mol. The standard InChI is InChI=1S/C12H16O3/c1-7-3-11-10(8(2)6-15-11)4-9(7)5-12(13)14/h6-7,9H,3-5H2,1-2H3,(H,13,14). The molecule has 3 nitrogen and oxygen atoms in total. The number of aryl methyl sites for hydroxylation is 1. The number of hydrogen-bond donors (Lipinski definition) is 1. The molecule has 0 radical (unpaired) electrons. The first-order chi connectivity index (χ1) is 7.08. The van der Waals surface area contributed by atoms with Gasteiger partial charge < -0.3 is 9.52 Å². The van der Waals surface area contributed by atoms with Crippen molar-refractivity contribution >= 4 is 5.97 Å². The zero-order valence-electron chi connectivity index (χ0n) is 9.12. The fourth-order valence-corrected chi connectivity index (χ4v) is 2.39. The fraction of sp³-hybridized carbons (Fsp3) is 0.583. The van der Waals surface area contributed by atoms with Gasteiger partial charge in [-0.25, -0.2) is 0 Å². The highest BCUT2D eigenvalue weighted by atomic mass is 16.4. The average molecular weight is 208 g/mol. The number of carbonyl (C=O) groups is 1. The van der Waals surface area contributed by atoms with Crippen molar-refractivity contribution < 1.29 is 14.3 Å². The van der Waals surface area contributed by atoms with Crippen LogP contribution in [0.4, 0.5) is 0 Å². The lowest BCUT2D eigenvalue weighted by atomic mass is 9.77. The van der Waals surface area contributed by atoms with Gasteiger partial charge in [0, 0.05) is 12.8 Å². The lowest BCUT2D eigenvalue weighted by Gasteiger charge is -2.27. The van der Waals surface area contributed by atoms with Crippen LogP contribution in [0.3, 0.4) is 0 Å². The van der Waals surface area contributed by atoms with Crippen molar-refractivity contribution in [1.29, 1.82) is 0 Å². The van der Waals surface area contributed by atoms with Crippen molar-refractivity contribution in [1.82, 2.24) is 0 Å². The van der Waals surface area contributed by atoms with Crippen LogP contribution in [0.1, 0.15) is 30.2 Å². The molecule has 0 saturated carbocycles. The Morgan fingerprint density at radius 2 is 2.33 bits per heavy atom. The van der Waals surface area contributed by atoms with E-state index in [9.17, 15) is 4.79 Å². The van der Waals surface area contributed by atoms with E-state index in [2.05, 4.69) is 6.92 Å². The third kappa shape index (κ3) is 1.91. The zero-order chi connectivity index (χ0) is 11.0. The minimum Gasteiger partial charge on any atom is -0.481 e. The van der Waals surface area contributed by atoms with Gasteiger partial charge in [-0.3, -0.25) is 4.79 Å². The Balaban J connectivity index is 2.20. The van der Waals surface area contributed by atoms with Crippen molar-refractivity contribution in [2.45, 2.75) is 33.1 Å². The molecular weight excluding hydrogens is 192 g/mol. The summed E-state index contributed by atoms with van der Waals surface area (Å²) in [6, 6.07) is 0. The van der Waals surface area contributed by atoms with Gasteiger partial charge in [0.15, 0.2) is 0 Å². The van der Waals surface area contributed by atoms with Gasteiger partial charge in [-0.15, -0.1) is 0 Å². The molecular formula is C12H16O3. The van der Waals surface area contributed by atoms with Crippen LogP contribution >= 0.6 is 0 Å². The highest BCUT2D eigenvalue weighted by Crippen LogP contribution is 2.34. The molecule has 1 aliphatic carbocycles. The van der Waals surface area contributed by atoms with Crippen LogP contribution in [0.5, 0.6) is 0 Å². The molecule has 0 aliphatic heterocycles. The summed E-state index contributed by atoms with van der Waals surface area (Å²) in [5.74, 6) is 1.02. The maximum absolute atomic E-state index is 10.7. The Morgan fingerprint density at radius 1 is 1.60 bits per heavy atom. The average Bonchev–Trinajstić information content (AvgIpc) is 2.48. The minimum atomic E-state index is -0.698. The summed E-state index contributed by atoms with van der Waals surface area (Å²) >= 11 is 0. The van der Waals surface area contributed by atoms with Crippen molar-refractivity contribution in [3.05, 3.63) is 23.2 Å². The molecule has 1 heterocycles. The van der Waals surface area contributed by atoms with Crippen molar-refractivity contribution in [3.63, 3.8) is 0 Å². The Kier molecular flexibility index (Phi) is 2.55. The van der Waals surface area contributed by atoms with E-state index in [-0.39, 0.29) is 12.3 Å². The number of carboxylic acid groups (broad SMARTS) is 1. The first kappa shape index (κ1) is 10.3. The maximum Gasteiger partial charge on any atom is 0.303 e. The minimum absolute atomic E-state index is 0.256. The Morgan fingerprint density at radius 3 is 3.00 bits per heavy atom. The monoisotopic (exact) mass is 208 g/mol. The van der Waals surface area contributed by atoms with Crippen LogP contribution in [0.15, 0.2) is 10.7 Å². The largest absolute Gasteiger partial charge is 0.481 e. The number of furan rings is 1. The summed E-state index contributed by atoms with van der Waals surface area (Å²) in [6.07, 6.45) is 3.78. The van der Waals surface area contributed by atoms with Gasteiger partial charge in [-0.2, -0.15) is 0 Å². The SMILES string of the molecule is Cc1coc2c1CC(CC(=O)O)C(C)C2. The third-order valence-corrected chi connectivity index (χ3v) is 3.41. The van der Waals surface area contributed by atoms with E-state index in [0.717, 1.165) is 24.2 Å². The van der Waals surface area contributed by atoms with Crippen LogP contribution in [0.2, 0.25) is 0 Å². The molecule has 82 valence electrons.